The molecule has 1 aromatic heterocycles. The van der Waals surface area contributed by atoms with E-state index in [9.17, 15) is 9.18 Å². The van der Waals surface area contributed by atoms with Crippen molar-refractivity contribution in [3.05, 3.63) is 83.4 Å². The molecule has 5 nitrogen and oxygen atoms in total. The van der Waals surface area contributed by atoms with Crippen molar-refractivity contribution in [1.82, 2.24) is 20.4 Å². The molecular formula is C20H21FN4O. The number of aromatic nitrogens is 2. The normalized spacial score (nSPS) is 10.5. The summed E-state index contributed by atoms with van der Waals surface area (Å²) in [5.41, 5.74) is 3.57. The average Bonchev–Trinajstić information content (AvgIpc) is 3.18. The Morgan fingerprint density at radius 3 is 2.58 bits per heavy atom. The Balaban J connectivity index is 1.41. The first-order valence-electron chi connectivity index (χ1n) is 8.47. The average molecular weight is 352 g/mol. The van der Waals surface area contributed by atoms with Crippen LogP contribution < -0.4 is 10.6 Å². The molecule has 0 fully saturated rings. The van der Waals surface area contributed by atoms with Crippen LogP contribution in [0.3, 0.4) is 0 Å². The fraction of sp³-hybridized carbons (Fsp3) is 0.200. The molecule has 0 bridgehead atoms. The van der Waals surface area contributed by atoms with Gasteiger partial charge in [0.05, 0.1) is 5.69 Å². The molecule has 2 amide bonds. The Bertz CT molecular complexity index is 860. The van der Waals surface area contributed by atoms with Gasteiger partial charge in [-0.2, -0.15) is 5.10 Å². The van der Waals surface area contributed by atoms with E-state index in [1.165, 1.54) is 6.07 Å². The lowest BCUT2D eigenvalue weighted by atomic mass is 10.1. The number of carbonyl (C=O) groups excluding carboxylic acids is 1. The third-order valence-corrected chi connectivity index (χ3v) is 4.08. The summed E-state index contributed by atoms with van der Waals surface area (Å²) in [4.78, 5) is 11.9. The number of nitrogens with zero attached hydrogens (tertiary/aromatic N) is 2. The second kappa shape index (κ2) is 8.29. The van der Waals surface area contributed by atoms with Gasteiger partial charge in [0.1, 0.15) is 5.82 Å². The summed E-state index contributed by atoms with van der Waals surface area (Å²) in [5.74, 6) is -0.239. The highest BCUT2D eigenvalue weighted by atomic mass is 19.1. The Morgan fingerprint density at radius 2 is 1.88 bits per heavy atom. The minimum Gasteiger partial charge on any atom is -0.338 e. The van der Waals surface area contributed by atoms with Crippen LogP contribution in [0.4, 0.5) is 9.18 Å². The monoisotopic (exact) mass is 352 g/mol. The number of halogens is 1. The van der Waals surface area contributed by atoms with Gasteiger partial charge >= 0.3 is 6.03 Å². The molecule has 0 radical (unpaired) electrons. The Morgan fingerprint density at radius 1 is 1.12 bits per heavy atom. The minimum atomic E-state index is -0.239. The van der Waals surface area contributed by atoms with Crippen molar-refractivity contribution < 1.29 is 9.18 Å². The molecule has 0 unspecified atom stereocenters. The summed E-state index contributed by atoms with van der Waals surface area (Å²) in [6.45, 7) is 2.61. The topological polar surface area (TPSA) is 59.0 Å². The smallest absolute Gasteiger partial charge is 0.315 e. The van der Waals surface area contributed by atoms with Gasteiger partial charge in [0.2, 0.25) is 0 Å². The van der Waals surface area contributed by atoms with Crippen LogP contribution in [-0.2, 0) is 13.0 Å². The van der Waals surface area contributed by atoms with Crippen molar-refractivity contribution >= 4 is 6.03 Å². The first-order chi connectivity index (χ1) is 12.6. The fourth-order valence-electron chi connectivity index (χ4n) is 2.62. The van der Waals surface area contributed by atoms with E-state index in [-0.39, 0.29) is 11.8 Å². The Labute approximate surface area is 151 Å². The number of amides is 2. The summed E-state index contributed by atoms with van der Waals surface area (Å²) in [6, 6.07) is 14.5. The molecule has 0 aliphatic heterocycles. The molecule has 3 aromatic rings. The van der Waals surface area contributed by atoms with Gasteiger partial charge in [0, 0.05) is 25.5 Å². The zero-order valence-corrected chi connectivity index (χ0v) is 14.6. The SMILES string of the molecule is Cc1cc(CNC(=O)NCCc2ccc(-n3cccn3)cc2)ccc1F. The molecule has 3 rings (SSSR count). The van der Waals surface area contributed by atoms with Crippen molar-refractivity contribution in [3.8, 4) is 5.69 Å². The maximum absolute atomic E-state index is 13.2. The molecule has 0 saturated heterocycles. The van der Waals surface area contributed by atoms with E-state index < -0.39 is 0 Å². The molecule has 0 atom stereocenters. The molecule has 0 aliphatic carbocycles. The van der Waals surface area contributed by atoms with E-state index in [0.29, 0.717) is 18.7 Å². The fourth-order valence-corrected chi connectivity index (χ4v) is 2.62. The summed E-state index contributed by atoms with van der Waals surface area (Å²) >= 11 is 0. The highest BCUT2D eigenvalue weighted by molar-refractivity contribution is 5.73. The van der Waals surface area contributed by atoms with Gasteiger partial charge in [-0.3, -0.25) is 0 Å². The first-order valence-corrected chi connectivity index (χ1v) is 8.47. The summed E-state index contributed by atoms with van der Waals surface area (Å²) < 4.78 is 15.0. The van der Waals surface area contributed by atoms with Gasteiger partial charge in [0.25, 0.3) is 0 Å². The van der Waals surface area contributed by atoms with Crippen LogP contribution in [0.25, 0.3) is 5.69 Å². The molecule has 1 heterocycles. The Kier molecular flexibility index (Phi) is 5.63. The number of aryl methyl sites for hydroxylation is 1. The molecule has 0 spiro atoms. The van der Waals surface area contributed by atoms with Crippen molar-refractivity contribution in [3.63, 3.8) is 0 Å². The van der Waals surface area contributed by atoms with E-state index in [1.54, 1.807) is 29.9 Å². The molecule has 26 heavy (non-hydrogen) atoms. The summed E-state index contributed by atoms with van der Waals surface area (Å²) in [7, 11) is 0. The number of hydrogen-bond acceptors (Lipinski definition) is 2. The van der Waals surface area contributed by atoms with E-state index in [4.69, 9.17) is 0 Å². The van der Waals surface area contributed by atoms with Gasteiger partial charge in [-0.15, -0.1) is 0 Å². The van der Waals surface area contributed by atoms with E-state index in [2.05, 4.69) is 15.7 Å². The van der Waals surface area contributed by atoms with Gasteiger partial charge in [-0.1, -0.05) is 24.3 Å². The molecular weight excluding hydrogens is 331 g/mol. The second-order valence-electron chi connectivity index (χ2n) is 6.06. The van der Waals surface area contributed by atoms with Gasteiger partial charge < -0.3 is 10.6 Å². The van der Waals surface area contributed by atoms with Gasteiger partial charge in [-0.25, -0.2) is 13.9 Å². The van der Waals surface area contributed by atoms with Crippen molar-refractivity contribution in [2.75, 3.05) is 6.54 Å². The predicted molar refractivity (Wildman–Crippen MR) is 98.6 cm³/mol. The van der Waals surface area contributed by atoms with Crippen molar-refractivity contribution in [2.45, 2.75) is 19.9 Å². The molecule has 0 saturated carbocycles. The standard InChI is InChI=1S/C20H21FN4O/c1-15-13-17(5-8-19(15)21)14-23-20(26)22-11-9-16-3-6-18(7-4-16)25-12-2-10-24-25/h2-8,10,12-13H,9,11,14H2,1H3,(H2,22,23,26). The lowest BCUT2D eigenvalue weighted by molar-refractivity contribution is 0.240. The van der Waals surface area contributed by atoms with Crippen LogP contribution in [0, 0.1) is 12.7 Å². The highest BCUT2D eigenvalue weighted by Gasteiger charge is 2.03. The number of urea groups is 1. The van der Waals surface area contributed by atoms with Crippen LogP contribution in [-0.4, -0.2) is 22.4 Å². The molecule has 134 valence electrons. The largest absolute Gasteiger partial charge is 0.338 e. The van der Waals surface area contributed by atoms with Crippen LogP contribution in [0.5, 0.6) is 0 Å². The maximum atomic E-state index is 13.2. The zero-order valence-electron chi connectivity index (χ0n) is 14.6. The van der Waals surface area contributed by atoms with Crippen molar-refractivity contribution in [2.24, 2.45) is 0 Å². The van der Waals surface area contributed by atoms with Crippen LogP contribution in [0.15, 0.2) is 60.9 Å². The number of carbonyl (C=O) groups is 1. The molecule has 2 N–H and O–H groups in total. The third kappa shape index (κ3) is 4.69. The molecule has 0 aliphatic rings. The van der Waals surface area contributed by atoms with Crippen LogP contribution in [0.1, 0.15) is 16.7 Å². The van der Waals surface area contributed by atoms with Crippen LogP contribution in [0.2, 0.25) is 0 Å². The van der Waals surface area contributed by atoms with Crippen LogP contribution >= 0.6 is 0 Å². The second-order valence-corrected chi connectivity index (χ2v) is 6.06. The molecule has 2 aromatic carbocycles. The third-order valence-electron chi connectivity index (χ3n) is 4.08. The summed E-state index contributed by atoms with van der Waals surface area (Å²) in [6.07, 6.45) is 4.37. The van der Waals surface area contributed by atoms with Gasteiger partial charge in [0.15, 0.2) is 0 Å². The van der Waals surface area contributed by atoms with E-state index in [0.717, 1.165) is 23.2 Å². The number of hydrogen-bond donors (Lipinski definition) is 2. The number of benzene rings is 2. The minimum absolute atomic E-state index is 0.236. The quantitative estimate of drug-likeness (QED) is 0.715. The van der Waals surface area contributed by atoms with E-state index in [1.807, 2.05) is 36.5 Å². The lowest BCUT2D eigenvalue weighted by Crippen LogP contribution is -2.36. The zero-order chi connectivity index (χ0) is 18.4. The summed E-state index contributed by atoms with van der Waals surface area (Å²) in [5, 5.41) is 9.79. The predicted octanol–water partition coefficient (Wildman–Crippen LogP) is 3.36. The highest BCUT2D eigenvalue weighted by Crippen LogP contribution is 2.10. The number of rotatable bonds is 6. The maximum Gasteiger partial charge on any atom is 0.315 e. The first kappa shape index (κ1) is 17.7. The molecule has 6 heteroatoms. The number of nitrogens with one attached hydrogen (secondary N) is 2. The Hall–Kier alpha value is -3.15. The lowest BCUT2D eigenvalue weighted by Gasteiger charge is -2.09. The van der Waals surface area contributed by atoms with Gasteiger partial charge in [-0.05, 0) is 54.3 Å². The van der Waals surface area contributed by atoms with Crippen molar-refractivity contribution in [1.29, 1.82) is 0 Å². The van der Waals surface area contributed by atoms with E-state index >= 15 is 0 Å².